The lowest BCUT2D eigenvalue weighted by Crippen LogP contribution is -2.35. The summed E-state index contributed by atoms with van der Waals surface area (Å²) in [7, 11) is -2.34. The van der Waals surface area contributed by atoms with Gasteiger partial charge in [0.2, 0.25) is 15.9 Å². The Morgan fingerprint density at radius 3 is 2.50 bits per heavy atom. The van der Waals surface area contributed by atoms with Crippen molar-refractivity contribution in [3.05, 3.63) is 59.7 Å². The van der Waals surface area contributed by atoms with Gasteiger partial charge in [-0.1, -0.05) is 12.5 Å². The Kier molecular flexibility index (Phi) is 6.84. The van der Waals surface area contributed by atoms with Crippen LogP contribution < -0.4 is 10.1 Å². The fourth-order valence-corrected chi connectivity index (χ4v) is 4.89. The molecule has 1 aliphatic rings. The highest BCUT2D eigenvalue weighted by Crippen LogP contribution is 2.30. The molecule has 1 saturated heterocycles. The first-order valence-electron chi connectivity index (χ1n) is 9.43. The maximum atomic E-state index is 13.7. The van der Waals surface area contributed by atoms with E-state index in [1.54, 1.807) is 6.07 Å². The number of nitrogens with one attached hydrogen (secondary N) is 1. The van der Waals surface area contributed by atoms with Crippen molar-refractivity contribution in [2.24, 2.45) is 0 Å². The van der Waals surface area contributed by atoms with Gasteiger partial charge in [0.25, 0.3) is 0 Å². The van der Waals surface area contributed by atoms with Gasteiger partial charge in [0, 0.05) is 25.2 Å². The third-order valence-electron chi connectivity index (χ3n) is 4.74. The predicted octanol–water partition coefficient (Wildman–Crippen LogP) is 3.80. The van der Waals surface area contributed by atoms with Crippen molar-refractivity contribution < 1.29 is 26.7 Å². The quantitative estimate of drug-likeness (QED) is 0.699. The lowest BCUT2D eigenvalue weighted by Gasteiger charge is -2.26. The molecule has 1 N–H and O–H groups in total. The minimum atomic E-state index is -3.74. The van der Waals surface area contributed by atoms with E-state index in [-0.39, 0.29) is 16.3 Å². The maximum absolute atomic E-state index is 13.7. The van der Waals surface area contributed by atoms with Gasteiger partial charge in [0.1, 0.15) is 22.3 Å². The number of ether oxygens (including phenoxy) is 1. The summed E-state index contributed by atoms with van der Waals surface area (Å²) in [6, 6.07) is 7.38. The van der Waals surface area contributed by atoms with Crippen LogP contribution in [0.4, 0.5) is 14.5 Å². The molecule has 0 radical (unpaired) electrons. The van der Waals surface area contributed by atoms with Gasteiger partial charge in [-0.05, 0) is 48.7 Å². The van der Waals surface area contributed by atoms with E-state index in [9.17, 15) is 22.0 Å². The molecule has 160 valence electrons. The Hall–Kier alpha value is -2.78. The van der Waals surface area contributed by atoms with Crippen molar-refractivity contribution in [3.63, 3.8) is 0 Å². The SMILES string of the molecule is COc1ccc(C=CC(=O)Nc2ccc(F)cc2F)cc1S(=O)(=O)N1CCCCC1. The zero-order valence-electron chi connectivity index (χ0n) is 16.4. The van der Waals surface area contributed by atoms with Crippen LogP contribution in [-0.4, -0.2) is 38.8 Å². The molecule has 1 heterocycles. The predicted molar refractivity (Wildman–Crippen MR) is 110 cm³/mol. The summed E-state index contributed by atoms with van der Waals surface area (Å²) < 4.78 is 59.3. The van der Waals surface area contributed by atoms with Crippen LogP contribution in [0.25, 0.3) is 6.08 Å². The van der Waals surface area contributed by atoms with Gasteiger partial charge in [-0.3, -0.25) is 4.79 Å². The molecule has 2 aromatic rings. The fourth-order valence-electron chi connectivity index (χ4n) is 3.18. The second-order valence-electron chi connectivity index (χ2n) is 6.82. The second-order valence-corrected chi connectivity index (χ2v) is 8.73. The third-order valence-corrected chi connectivity index (χ3v) is 6.66. The van der Waals surface area contributed by atoms with E-state index in [0.29, 0.717) is 24.7 Å². The fraction of sp³-hybridized carbons (Fsp3) is 0.286. The molecule has 1 amide bonds. The molecule has 9 heteroatoms. The highest BCUT2D eigenvalue weighted by molar-refractivity contribution is 7.89. The number of piperidine rings is 1. The lowest BCUT2D eigenvalue weighted by molar-refractivity contribution is -0.111. The average molecular weight is 436 g/mol. The number of amides is 1. The number of hydrogen-bond donors (Lipinski definition) is 1. The summed E-state index contributed by atoms with van der Waals surface area (Å²) in [6.07, 6.45) is 5.16. The molecule has 3 rings (SSSR count). The first-order valence-corrected chi connectivity index (χ1v) is 10.9. The third kappa shape index (κ3) is 5.03. The summed E-state index contributed by atoms with van der Waals surface area (Å²) in [6.45, 7) is 0.911. The molecule has 1 aliphatic heterocycles. The van der Waals surface area contributed by atoms with E-state index in [0.717, 1.165) is 37.5 Å². The first kappa shape index (κ1) is 21.9. The van der Waals surface area contributed by atoms with Gasteiger partial charge in [-0.15, -0.1) is 0 Å². The number of halogens is 2. The van der Waals surface area contributed by atoms with Gasteiger partial charge in [0.05, 0.1) is 12.8 Å². The van der Waals surface area contributed by atoms with Crippen LogP contribution in [0.1, 0.15) is 24.8 Å². The zero-order valence-corrected chi connectivity index (χ0v) is 17.2. The van der Waals surface area contributed by atoms with Crippen molar-refractivity contribution in [3.8, 4) is 5.75 Å². The molecule has 0 aromatic heterocycles. The number of carbonyl (C=O) groups excluding carboxylic acids is 1. The normalized spacial score (nSPS) is 15.3. The standard InChI is InChI=1S/C21H22F2N2O4S/c1-29-19-9-5-15(13-20(19)30(27,28)25-11-3-2-4-12-25)6-10-21(26)24-18-8-7-16(22)14-17(18)23/h5-10,13-14H,2-4,11-12H2,1H3,(H,24,26). The molecular formula is C21H22F2N2O4S. The number of carbonyl (C=O) groups is 1. The average Bonchev–Trinajstić information content (AvgIpc) is 2.74. The maximum Gasteiger partial charge on any atom is 0.248 e. The van der Waals surface area contributed by atoms with Crippen molar-refractivity contribution in [1.82, 2.24) is 4.31 Å². The van der Waals surface area contributed by atoms with E-state index >= 15 is 0 Å². The van der Waals surface area contributed by atoms with Crippen molar-refractivity contribution in [2.45, 2.75) is 24.2 Å². The Morgan fingerprint density at radius 1 is 1.10 bits per heavy atom. The lowest BCUT2D eigenvalue weighted by atomic mass is 10.2. The smallest absolute Gasteiger partial charge is 0.248 e. The molecule has 0 spiro atoms. The number of benzene rings is 2. The molecular weight excluding hydrogens is 414 g/mol. The second kappa shape index (κ2) is 9.36. The minimum Gasteiger partial charge on any atom is -0.495 e. The largest absolute Gasteiger partial charge is 0.495 e. The van der Waals surface area contributed by atoms with Crippen LogP contribution >= 0.6 is 0 Å². The van der Waals surface area contributed by atoms with Gasteiger partial charge in [-0.2, -0.15) is 4.31 Å². The number of methoxy groups -OCH3 is 1. The Balaban J connectivity index is 1.81. The number of anilines is 1. The summed E-state index contributed by atoms with van der Waals surface area (Å²) in [5.41, 5.74) is 0.301. The van der Waals surface area contributed by atoms with E-state index in [1.165, 1.54) is 29.6 Å². The first-order chi connectivity index (χ1) is 14.3. The highest BCUT2D eigenvalue weighted by atomic mass is 32.2. The molecule has 6 nitrogen and oxygen atoms in total. The van der Waals surface area contributed by atoms with Gasteiger partial charge in [0.15, 0.2) is 0 Å². The van der Waals surface area contributed by atoms with Crippen molar-refractivity contribution in [1.29, 1.82) is 0 Å². The molecule has 0 unspecified atom stereocenters. The minimum absolute atomic E-state index is 0.0269. The zero-order chi connectivity index (χ0) is 21.7. The Labute approximate surface area is 174 Å². The highest BCUT2D eigenvalue weighted by Gasteiger charge is 2.29. The number of sulfonamides is 1. The monoisotopic (exact) mass is 436 g/mol. The molecule has 0 bridgehead atoms. The summed E-state index contributed by atoms with van der Waals surface area (Å²) >= 11 is 0. The van der Waals surface area contributed by atoms with Crippen LogP contribution in [0, 0.1) is 11.6 Å². The summed E-state index contributed by atoms with van der Waals surface area (Å²) in [4.78, 5) is 12.1. The molecule has 2 aromatic carbocycles. The molecule has 30 heavy (non-hydrogen) atoms. The Morgan fingerprint density at radius 2 is 1.83 bits per heavy atom. The number of hydrogen-bond acceptors (Lipinski definition) is 4. The van der Waals surface area contributed by atoms with E-state index < -0.39 is 27.6 Å². The van der Waals surface area contributed by atoms with Gasteiger partial charge >= 0.3 is 0 Å². The summed E-state index contributed by atoms with van der Waals surface area (Å²) in [5.74, 6) is -2.06. The Bertz CT molecular complexity index is 1060. The van der Waals surface area contributed by atoms with Crippen LogP contribution in [-0.2, 0) is 14.8 Å². The van der Waals surface area contributed by atoms with Crippen molar-refractivity contribution in [2.75, 3.05) is 25.5 Å². The molecule has 0 saturated carbocycles. The van der Waals surface area contributed by atoms with Crippen LogP contribution in [0.2, 0.25) is 0 Å². The molecule has 0 aliphatic carbocycles. The number of rotatable bonds is 6. The van der Waals surface area contributed by atoms with Gasteiger partial charge in [-0.25, -0.2) is 17.2 Å². The summed E-state index contributed by atoms with van der Waals surface area (Å²) in [5, 5.41) is 2.31. The van der Waals surface area contributed by atoms with Gasteiger partial charge < -0.3 is 10.1 Å². The van der Waals surface area contributed by atoms with E-state index in [2.05, 4.69) is 5.32 Å². The van der Waals surface area contributed by atoms with Crippen LogP contribution in [0.5, 0.6) is 5.75 Å². The van der Waals surface area contributed by atoms with E-state index in [4.69, 9.17) is 4.74 Å². The molecule has 0 atom stereocenters. The van der Waals surface area contributed by atoms with Crippen molar-refractivity contribution >= 4 is 27.7 Å². The molecule has 1 fully saturated rings. The van der Waals surface area contributed by atoms with Crippen LogP contribution in [0.3, 0.4) is 0 Å². The topological polar surface area (TPSA) is 75.7 Å². The van der Waals surface area contributed by atoms with E-state index in [1.807, 2.05) is 0 Å². The number of nitrogens with zero attached hydrogens (tertiary/aromatic N) is 1. The van der Waals surface area contributed by atoms with Crippen LogP contribution in [0.15, 0.2) is 47.4 Å².